The third-order valence-corrected chi connectivity index (χ3v) is 3.83. The molecule has 1 N–H and O–H groups in total. The van der Waals surface area contributed by atoms with Crippen molar-refractivity contribution in [1.82, 2.24) is 5.32 Å². The van der Waals surface area contributed by atoms with Crippen LogP contribution in [0.5, 0.6) is 5.75 Å². The molecule has 0 aromatic heterocycles. The van der Waals surface area contributed by atoms with Gasteiger partial charge < -0.3 is 19.5 Å². The lowest BCUT2D eigenvalue weighted by atomic mass is 10.1. The number of hydrogen-bond donors (Lipinski definition) is 1. The van der Waals surface area contributed by atoms with Crippen LogP contribution in [0.2, 0.25) is 5.02 Å². The molecule has 0 heterocycles. The fourth-order valence-corrected chi connectivity index (χ4v) is 2.42. The molecule has 160 valence electrons. The number of halogens is 1. The Bertz CT molecular complexity index is 787. The third kappa shape index (κ3) is 7.98. The topological polar surface area (TPSA) is 117 Å². The maximum Gasteiger partial charge on any atom is 0.408 e. The first-order chi connectivity index (χ1) is 13.5. The molecule has 0 fully saturated rings. The van der Waals surface area contributed by atoms with Crippen molar-refractivity contribution in [2.75, 3.05) is 13.7 Å². The van der Waals surface area contributed by atoms with Gasteiger partial charge in [0, 0.05) is 6.07 Å². The number of amides is 1. The Morgan fingerprint density at radius 2 is 2.00 bits per heavy atom. The Kier molecular flexibility index (Phi) is 8.90. The summed E-state index contributed by atoms with van der Waals surface area (Å²) < 4.78 is 15.4. The normalized spacial score (nSPS) is 12.3. The molecule has 0 aliphatic carbocycles. The number of carbonyl (C=O) groups excluding carboxylic acids is 2. The lowest BCUT2D eigenvalue weighted by Crippen LogP contribution is -2.42. The molecule has 0 saturated heterocycles. The number of allylic oxidation sites excluding steroid dienone is 1. The molecule has 1 aromatic rings. The molecule has 0 bridgehead atoms. The van der Waals surface area contributed by atoms with Crippen LogP contribution in [0.15, 0.2) is 24.3 Å². The average molecular weight is 429 g/mol. The van der Waals surface area contributed by atoms with Crippen molar-refractivity contribution in [3.05, 3.63) is 45.0 Å². The summed E-state index contributed by atoms with van der Waals surface area (Å²) in [5.41, 5.74) is -1.24. The second kappa shape index (κ2) is 10.7. The number of ether oxygens (including phenoxy) is 3. The lowest BCUT2D eigenvalue weighted by Gasteiger charge is -2.23. The summed E-state index contributed by atoms with van der Waals surface area (Å²) in [6, 6.07) is 1.76. The summed E-state index contributed by atoms with van der Waals surface area (Å²) in [6.07, 6.45) is 3.42. The van der Waals surface area contributed by atoms with Gasteiger partial charge in [-0.05, 0) is 40.2 Å². The number of esters is 1. The zero-order valence-corrected chi connectivity index (χ0v) is 17.7. The fourth-order valence-electron chi connectivity index (χ4n) is 2.19. The molecule has 1 unspecified atom stereocenters. The van der Waals surface area contributed by atoms with Crippen LogP contribution >= 0.6 is 11.6 Å². The van der Waals surface area contributed by atoms with E-state index in [1.165, 1.54) is 6.07 Å². The van der Waals surface area contributed by atoms with Gasteiger partial charge in [-0.25, -0.2) is 9.59 Å². The van der Waals surface area contributed by atoms with E-state index >= 15 is 0 Å². The number of nitro benzene ring substituents is 1. The van der Waals surface area contributed by atoms with E-state index in [1.54, 1.807) is 26.8 Å². The predicted molar refractivity (Wildman–Crippen MR) is 108 cm³/mol. The molecule has 1 aromatic carbocycles. The van der Waals surface area contributed by atoms with E-state index in [4.69, 9.17) is 21.1 Å². The Hall–Kier alpha value is -2.81. The fraction of sp³-hybridized carbons (Fsp3) is 0.474. The van der Waals surface area contributed by atoms with Crippen molar-refractivity contribution < 1.29 is 28.7 Å². The summed E-state index contributed by atoms with van der Waals surface area (Å²) in [5.74, 6) is -0.843. The highest BCUT2D eigenvalue weighted by Crippen LogP contribution is 2.35. The van der Waals surface area contributed by atoms with E-state index in [1.807, 2.05) is 13.0 Å². The van der Waals surface area contributed by atoms with Gasteiger partial charge in [0.2, 0.25) is 0 Å². The Balaban J connectivity index is 3.05. The molecule has 0 saturated carbocycles. The second-order valence-electron chi connectivity index (χ2n) is 7.02. The minimum atomic E-state index is -0.771. The van der Waals surface area contributed by atoms with E-state index in [2.05, 4.69) is 10.1 Å². The highest BCUT2D eigenvalue weighted by Gasteiger charge is 2.24. The number of hydrogen-bond acceptors (Lipinski definition) is 7. The zero-order chi connectivity index (χ0) is 22.2. The smallest absolute Gasteiger partial charge is 0.408 e. The Morgan fingerprint density at radius 3 is 2.52 bits per heavy atom. The molecule has 1 rings (SSSR count). The minimum absolute atomic E-state index is 0.0644. The number of carbonyl (C=O) groups is 2. The predicted octanol–water partition coefficient (Wildman–Crippen LogP) is 4.27. The van der Waals surface area contributed by atoms with E-state index < -0.39 is 34.3 Å². The standard InChI is InChI=1S/C19H25ClN2O7/c1-6-7-8-13(21-18(24)29-19(2,3)4)11-28-15-10-12(17(23)27-5)9-14(16(15)20)22(25)26/h6-7,9-10,13H,8,11H2,1-5H3,(H,21,24)/b7-6+. The van der Waals surface area contributed by atoms with Gasteiger partial charge in [-0.15, -0.1) is 0 Å². The van der Waals surface area contributed by atoms with E-state index in [0.717, 1.165) is 13.2 Å². The monoisotopic (exact) mass is 428 g/mol. The van der Waals surface area contributed by atoms with E-state index in [9.17, 15) is 19.7 Å². The molecule has 0 radical (unpaired) electrons. The molecule has 0 aliphatic rings. The maximum absolute atomic E-state index is 12.0. The molecule has 1 atom stereocenters. The molecule has 9 nitrogen and oxygen atoms in total. The first-order valence-corrected chi connectivity index (χ1v) is 9.16. The summed E-state index contributed by atoms with van der Waals surface area (Å²) in [4.78, 5) is 34.3. The van der Waals surface area contributed by atoms with Crippen molar-refractivity contribution in [3.8, 4) is 5.75 Å². The number of nitrogens with zero attached hydrogens (tertiary/aromatic N) is 1. The van der Waals surface area contributed by atoms with Gasteiger partial charge in [0.1, 0.15) is 18.0 Å². The van der Waals surface area contributed by atoms with Crippen molar-refractivity contribution in [3.63, 3.8) is 0 Å². The van der Waals surface area contributed by atoms with Crippen LogP contribution in [0.1, 0.15) is 44.5 Å². The molecular weight excluding hydrogens is 404 g/mol. The Labute approximate surface area is 174 Å². The van der Waals surface area contributed by atoms with Crippen LogP contribution in [0, 0.1) is 10.1 Å². The third-order valence-electron chi connectivity index (χ3n) is 3.46. The zero-order valence-electron chi connectivity index (χ0n) is 17.0. The van der Waals surface area contributed by atoms with E-state index in [-0.39, 0.29) is 22.9 Å². The molecule has 0 aliphatic heterocycles. The lowest BCUT2D eigenvalue weighted by molar-refractivity contribution is -0.384. The van der Waals surface area contributed by atoms with Crippen molar-refractivity contribution in [2.45, 2.75) is 45.8 Å². The van der Waals surface area contributed by atoms with Gasteiger partial charge in [0.05, 0.1) is 23.6 Å². The maximum atomic E-state index is 12.0. The summed E-state index contributed by atoms with van der Waals surface area (Å²) in [7, 11) is 1.15. The van der Waals surface area contributed by atoms with Crippen LogP contribution in [-0.2, 0) is 9.47 Å². The number of rotatable bonds is 8. The van der Waals surface area contributed by atoms with Crippen LogP contribution in [0.25, 0.3) is 0 Å². The van der Waals surface area contributed by atoms with Gasteiger partial charge in [-0.1, -0.05) is 23.8 Å². The van der Waals surface area contributed by atoms with Gasteiger partial charge in [-0.3, -0.25) is 10.1 Å². The molecule has 0 spiro atoms. The Morgan fingerprint density at radius 1 is 1.34 bits per heavy atom. The van der Waals surface area contributed by atoms with Crippen molar-refractivity contribution >= 4 is 29.4 Å². The first kappa shape index (κ1) is 24.2. The average Bonchev–Trinajstić information content (AvgIpc) is 2.62. The van der Waals surface area contributed by atoms with Gasteiger partial charge in [-0.2, -0.15) is 0 Å². The highest BCUT2D eigenvalue weighted by atomic mass is 35.5. The molecular formula is C19H25ClN2O7. The molecule has 10 heteroatoms. The van der Waals surface area contributed by atoms with Crippen LogP contribution in [0.4, 0.5) is 10.5 Å². The van der Waals surface area contributed by atoms with E-state index in [0.29, 0.717) is 6.42 Å². The largest absolute Gasteiger partial charge is 0.490 e. The number of alkyl carbamates (subject to hydrolysis) is 1. The van der Waals surface area contributed by atoms with Gasteiger partial charge in [0.25, 0.3) is 5.69 Å². The molecule has 1 amide bonds. The summed E-state index contributed by atoms with van der Waals surface area (Å²) in [6.45, 7) is 6.97. The van der Waals surface area contributed by atoms with Gasteiger partial charge >= 0.3 is 12.1 Å². The highest BCUT2D eigenvalue weighted by molar-refractivity contribution is 6.34. The first-order valence-electron chi connectivity index (χ1n) is 8.78. The minimum Gasteiger partial charge on any atom is -0.490 e. The van der Waals surface area contributed by atoms with Crippen LogP contribution in [0.3, 0.4) is 0 Å². The van der Waals surface area contributed by atoms with Crippen molar-refractivity contribution in [2.24, 2.45) is 0 Å². The molecule has 29 heavy (non-hydrogen) atoms. The van der Waals surface area contributed by atoms with Gasteiger partial charge in [0.15, 0.2) is 5.02 Å². The van der Waals surface area contributed by atoms with Crippen LogP contribution < -0.4 is 10.1 Å². The number of nitrogens with one attached hydrogen (secondary N) is 1. The second-order valence-corrected chi connectivity index (χ2v) is 7.39. The SMILES string of the molecule is C/C=C/CC(COc1cc(C(=O)OC)cc([N+](=O)[O-])c1Cl)NC(=O)OC(C)(C)C. The number of nitro groups is 1. The van der Waals surface area contributed by atoms with Crippen molar-refractivity contribution in [1.29, 1.82) is 0 Å². The number of benzene rings is 1. The summed E-state index contributed by atoms with van der Waals surface area (Å²) >= 11 is 6.06. The summed E-state index contributed by atoms with van der Waals surface area (Å²) in [5, 5.41) is 13.6. The number of methoxy groups -OCH3 is 1. The quantitative estimate of drug-likeness (QED) is 0.284. The van der Waals surface area contributed by atoms with Crippen LogP contribution in [-0.4, -0.2) is 42.3 Å².